The van der Waals surface area contributed by atoms with Gasteiger partial charge in [0.1, 0.15) is 47.3 Å². The number of rotatable bonds is 6. The van der Waals surface area contributed by atoms with Gasteiger partial charge in [-0.1, -0.05) is 11.6 Å². The molecule has 1 aliphatic heterocycles. The summed E-state index contributed by atoms with van der Waals surface area (Å²) < 4.78 is 17.4. The summed E-state index contributed by atoms with van der Waals surface area (Å²) in [5.41, 5.74) is 2.19. The summed E-state index contributed by atoms with van der Waals surface area (Å²) in [6, 6.07) is 10.7. The van der Waals surface area contributed by atoms with E-state index in [9.17, 15) is 30.3 Å². The predicted molar refractivity (Wildman–Crippen MR) is 127 cm³/mol. The van der Waals surface area contributed by atoms with Crippen LogP contribution in [-0.2, 0) is 11.2 Å². The fraction of sp³-hybridized carbons (Fsp3) is 0.346. The SMILES string of the molecule is CC(C)=CCc1cc2c(=O)cc(-c3ccc(O)cc3)oc2cc1O[C@@H]1O[C@H](CO)[C@@H](O)[C@H](O)[C@H]1O. The third kappa shape index (κ3) is 5.24. The van der Waals surface area contributed by atoms with E-state index in [0.717, 1.165) is 5.57 Å². The molecule has 0 saturated carbocycles. The minimum absolute atomic E-state index is 0.0796. The molecule has 186 valence electrons. The number of phenols is 1. The number of phenolic OH excluding ortho intramolecular Hbond substituents is 1. The molecule has 5 atom stereocenters. The molecule has 35 heavy (non-hydrogen) atoms. The lowest BCUT2D eigenvalue weighted by Gasteiger charge is -2.39. The zero-order valence-electron chi connectivity index (χ0n) is 19.3. The van der Waals surface area contributed by atoms with Gasteiger partial charge in [0.25, 0.3) is 0 Å². The topological polar surface area (TPSA) is 150 Å². The monoisotopic (exact) mass is 484 g/mol. The first kappa shape index (κ1) is 24.9. The molecule has 1 aliphatic rings. The molecule has 3 aromatic rings. The number of allylic oxidation sites excluding steroid dienone is 2. The van der Waals surface area contributed by atoms with E-state index in [0.29, 0.717) is 28.7 Å². The van der Waals surface area contributed by atoms with Crippen LogP contribution in [0.1, 0.15) is 19.4 Å². The lowest BCUT2D eigenvalue weighted by atomic mass is 9.99. The number of aliphatic hydroxyl groups is 4. The van der Waals surface area contributed by atoms with Crippen LogP contribution >= 0.6 is 0 Å². The Hall–Kier alpha value is -3.21. The Balaban J connectivity index is 1.78. The Morgan fingerprint density at radius 3 is 2.40 bits per heavy atom. The van der Waals surface area contributed by atoms with Crippen LogP contribution in [0.25, 0.3) is 22.3 Å². The molecule has 0 bridgehead atoms. The second-order valence-electron chi connectivity index (χ2n) is 8.78. The van der Waals surface area contributed by atoms with Gasteiger partial charge in [0.05, 0.1) is 12.0 Å². The Kier molecular flexibility index (Phi) is 7.25. The largest absolute Gasteiger partial charge is 0.508 e. The van der Waals surface area contributed by atoms with Crippen LogP contribution in [0.15, 0.2) is 63.3 Å². The van der Waals surface area contributed by atoms with E-state index in [4.69, 9.17) is 13.9 Å². The first-order chi connectivity index (χ1) is 16.7. The van der Waals surface area contributed by atoms with E-state index >= 15 is 0 Å². The van der Waals surface area contributed by atoms with Crippen molar-refractivity contribution in [3.63, 3.8) is 0 Å². The molecule has 1 saturated heterocycles. The van der Waals surface area contributed by atoms with Gasteiger partial charge >= 0.3 is 0 Å². The van der Waals surface area contributed by atoms with E-state index in [1.54, 1.807) is 18.2 Å². The third-order valence-corrected chi connectivity index (χ3v) is 5.88. The average molecular weight is 485 g/mol. The average Bonchev–Trinajstić information content (AvgIpc) is 2.83. The molecule has 0 radical (unpaired) electrons. The second-order valence-corrected chi connectivity index (χ2v) is 8.78. The summed E-state index contributed by atoms with van der Waals surface area (Å²) in [6.45, 7) is 3.27. The molecule has 1 aromatic heterocycles. The van der Waals surface area contributed by atoms with E-state index in [-0.39, 0.29) is 22.5 Å². The fourth-order valence-corrected chi connectivity index (χ4v) is 3.87. The lowest BCUT2D eigenvalue weighted by molar-refractivity contribution is -0.277. The highest BCUT2D eigenvalue weighted by Crippen LogP contribution is 2.32. The van der Waals surface area contributed by atoms with E-state index in [2.05, 4.69) is 0 Å². The van der Waals surface area contributed by atoms with E-state index in [1.165, 1.54) is 24.3 Å². The molecule has 1 fully saturated rings. The second kappa shape index (κ2) is 10.2. The summed E-state index contributed by atoms with van der Waals surface area (Å²) in [4.78, 5) is 12.9. The highest BCUT2D eigenvalue weighted by atomic mass is 16.7. The van der Waals surface area contributed by atoms with Crippen molar-refractivity contribution in [1.82, 2.24) is 0 Å². The Morgan fingerprint density at radius 2 is 1.74 bits per heavy atom. The number of benzene rings is 2. The summed E-state index contributed by atoms with van der Waals surface area (Å²) >= 11 is 0. The van der Waals surface area contributed by atoms with Gasteiger partial charge in [-0.15, -0.1) is 0 Å². The maximum atomic E-state index is 12.9. The molecule has 9 heteroatoms. The number of aromatic hydroxyl groups is 1. The standard InChI is InChI=1S/C26H28O9/c1-13(2)3-4-15-9-17-18(29)10-19(14-5-7-16(28)8-6-14)33-21(17)11-20(15)34-26-25(32)24(31)23(30)22(12-27)35-26/h3,5-11,22-28,30-32H,4,12H2,1-2H3/t22-,23-,24+,25-,26-/m1/s1. The molecule has 2 heterocycles. The number of hydrogen-bond donors (Lipinski definition) is 5. The highest BCUT2D eigenvalue weighted by molar-refractivity contribution is 5.81. The summed E-state index contributed by atoms with van der Waals surface area (Å²) in [5.74, 6) is 0.611. The van der Waals surface area contributed by atoms with Gasteiger partial charge in [0.2, 0.25) is 6.29 Å². The maximum absolute atomic E-state index is 12.9. The first-order valence-electron chi connectivity index (χ1n) is 11.2. The summed E-state index contributed by atoms with van der Waals surface area (Å²) in [5, 5.41) is 49.9. The lowest BCUT2D eigenvalue weighted by Crippen LogP contribution is -2.60. The van der Waals surface area contributed by atoms with Gasteiger partial charge < -0.3 is 39.4 Å². The van der Waals surface area contributed by atoms with Gasteiger partial charge in [-0.3, -0.25) is 4.79 Å². The predicted octanol–water partition coefficient (Wildman–Crippen LogP) is 1.85. The molecule has 0 amide bonds. The molecule has 0 unspecified atom stereocenters. The molecule has 9 nitrogen and oxygen atoms in total. The molecule has 2 aromatic carbocycles. The van der Waals surface area contributed by atoms with Gasteiger partial charge in [-0.05, 0) is 56.2 Å². The minimum Gasteiger partial charge on any atom is -0.508 e. The molecule has 0 aliphatic carbocycles. The van der Waals surface area contributed by atoms with Crippen molar-refractivity contribution >= 4 is 11.0 Å². The molecule has 4 rings (SSSR count). The minimum atomic E-state index is -1.59. The van der Waals surface area contributed by atoms with Crippen molar-refractivity contribution in [2.75, 3.05) is 6.61 Å². The Bertz CT molecular complexity index is 1270. The van der Waals surface area contributed by atoms with Crippen molar-refractivity contribution in [2.45, 2.75) is 51.0 Å². The zero-order chi connectivity index (χ0) is 25.3. The van der Waals surface area contributed by atoms with Crippen LogP contribution in [0.5, 0.6) is 11.5 Å². The fourth-order valence-electron chi connectivity index (χ4n) is 3.87. The van der Waals surface area contributed by atoms with Crippen molar-refractivity contribution < 1.29 is 39.4 Å². The van der Waals surface area contributed by atoms with Crippen LogP contribution < -0.4 is 10.2 Å². The summed E-state index contributed by atoms with van der Waals surface area (Å²) in [6.07, 6.45) is -4.86. The van der Waals surface area contributed by atoms with Crippen molar-refractivity contribution in [1.29, 1.82) is 0 Å². The van der Waals surface area contributed by atoms with Crippen molar-refractivity contribution in [2.24, 2.45) is 0 Å². The Labute approximate surface area is 201 Å². The Morgan fingerprint density at radius 1 is 1.03 bits per heavy atom. The molecular formula is C26H28O9. The maximum Gasteiger partial charge on any atom is 0.229 e. The third-order valence-electron chi connectivity index (χ3n) is 5.88. The highest BCUT2D eigenvalue weighted by Gasteiger charge is 2.44. The normalized spacial score (nSPS) is 24.3. The zero-order valence-corrected chi connectivity index (χ0v) is 19.3. The quantitative estimate of drug-likeness (QED) is 0.330. The summed E-state index contributed by atoms with van der Waals surface area (Å²) in [7, 11) is 0. The molecule has 5 N–H and O–H groups in total. The van der Waals surface area contributed by atoms with Crippen LogP contribution in [0.2, 0.25) is 0 Å². The smallest absolute Gasteiger partial charge is 0.229 e. The first-order valence-corrected chi connectivity index (χ1v) is 11.2. The van der Waals surface area contributed by atoms with Gasteiger partial charge in [0, 0.05) is 17.7 Å². The van der Waals surface area contributed by atoms with Gasteiger partial charge in [-0.2, -0.15) is 0 Å². The van der Waals surface area contributed by atoms with Crippen molar-refractivity contribution in [3.05, 3.63) is 69.9 Å². The number of hydrogen-bond acceptors (Lipinski definition) is 9. The van der Waals surface area contributed by atoms with E-state index < -0.39 is 37.3 Å². The van der Waals surface area contributed by atoms with Crippen LogP contribution in [0.3, 0.4) is 0 Å². The molecular weight excluding hydrogens is 456 g/mol. The van der Waals surface area contributed by atoms with Gasteiger partial charge in [0.15, 0.2) is 5.43 Å². The van der Waals surface area contributed by atoms with Crippen LogP contribution in [0, 0.1) is 0 Å². The number of fused-ring (bicyclic) bond motifs is 1. The molecule has 0 spiro atoms. The van der Waals surface area contributed by atoms with Crippen LogP contribution in [-0.4, -0.2) is 62.8 Å². The van der Waals surface area contributed by atoms with Crippen molar-refractivity contribution in [3.8, 4) is 22.8 Å². The van der Waals surface area contributed by atoms with Crippen LogP contribution in [0.4, 0.5) is 0 Å². The number of aliphatic hydroxyl groups excluding tert-OH is 4. The van der Waals surface area contributed by atoms with Gasteiger partial charge in [-0.25, -0.2) is 0 Å². The number of ether oxygens (including phenoxy) is 2. The van der Waals surface area contributed by atoms with E-state index in [1.807, 2.05) is 19.9 Å².